The standard InChI is InChI=1S/C10H10ClIN4O/c11-7-5-6-9(12)15-16(10(6)14-13-7)8-3-1-2-4-17-8/h5,8H,1-4H2. The maximum Gasteiger partial charge on any atom is 0.184 e. The number of hydrogen-bond acceptors (Lipinski definition) is 4. The van der Waals surface area contributed by atoms with Crippen LogP contribution in [0.25, 0.3) is 11.0 Å². The maximum atomic E-state index is 5.84. The Morgan fingerprint density at radius 3 is 3.06 bits per heavy atom. The average molecular weight is 365 g/mol. The van der Waals surface area contributed by atoms with E-state index in [0.29, 0.717) is 5.15 Å². The Bertz CT molecular complexity index is 552. The predicted molar refractivity (Wildman–Crippen MR) is 71.9 cm³/mol. The van der Waals surface area contributed by atoms with E-state index in [-0.39, 0.29) is 6.23 Å². The highest BCUT2D eigenvalue weighted by Crippen LogP contribution is 2.28. The molecule has 1 fully saturated rings. The van der Waals surface area contributed by atoms with Gasteiger partial charge in [-0.05, 0) is 47.9 Å². The second-order valence-electron chi connectivity index (χ2n) is 3.96. The van der Waals surface area contributed by atoms with Crippen LogP contribution in [0.1, 0.15) is 25.5 Å². The van der Waals surface area contributed by atoms with E-state index in [1.54, 1.807) is 6.07 Å². The van der Waals surface area contributed by atoms with Crippen LogP contribution < -0.4 is 0 Å². The molecule has 2 aromatic heterocycles. The van der Waals surface area contributed by atoms with Crippen LogP contribution in [0.2, 0.25) is 5.15 Å². The minimum absolute atomic E-state index is 0.0229. The number of halogens is 2. The molecule has 0 radical (unpaired) electrons. The van der Waals surface area contributed by atoms with Gasteiger partial charge in [0.25, 0.3) is 0 Å². The molecule has 0 spiro atoms. The van der Waals surface area contributed by atoms with Crippen LogP contribution in [-0.4, -0.2) is 26.6 Å². The Labute approximate surface area is 117 Å². The molecule has 0 saturated carbocycles. The lowest BCUT2D eigenvalue weighted by atomic mass is 10.2. The van der Waals surface area contributed by atoms with Crippen molar-refractivity contribution in [2.45, 2.75) is 25.5 Å². The van der Waals surface area contributed by atoms with Crippen molar-refractivity contribution >= 4 is 45.2 Å². The number of ether oxygens (including phenoxy) is 1. The quantitative estimate of drug-likeness (QED) is 0.730. The van der Waals surface area contributed by atoms with Crippen LogP contribution >= 0.6 is 34.2 Å². The minimum atomic E-state index is -0.0229. The molecule has 1 unspecified atom stereocenters. The minimum Gasteiger partial charge on any atom is -0.356 e. The zero-order chi connectivity index (χ0) is 11.8. The fourth-order valence-corrected chi connectivity index (χ4v) is 2.77. The highest BCUT2D eigenvalue weighted by molar-refractivity contribution is 14.1. The molecular formula is C10H10ClIN4O. The second kappa shape index (κ2) is 4.66. The first-order valence-electron chi connectivity index (χ1n) is 5.44. The van der Waals surface area contributed by atoms with E-state index in [9.17, 15) is 0 Å². The van der Waals surface area contributed by atoms with Crippen molar-refractivity contribution in [2.75, 3.05) is 6.61 Å². The molecule has 1 aliphatic rings. The molecule has 1 saturated heterocycles. The molecule has 3 heterocycles. The zero-order valence-corrected chi connectivity index (χ0v) is 11.8. The first-order chi connectivity index (χ1) is 8.25. The number of nitrogens with zero attached hydrogens (tertiary/aromatic N) is 4. The van der Waals surface area contributed by atoms with Crippen molar-refractivity contribution in [3.63, 3.8) is 0 Å². The van der Waals surface area contributed by atoms with Gasteiger partial charge in [0, 0.05) is 6.61 Å². The molecular weight excluding hydrogens is 354 g/mol. The number of aromatic nitrogens is 4. The van der Waals surface area contributed by atoms with Crippen LogP contribution in [-0.2, 0) is 4.74 Å². The summed E-state index contributed by atoms with van der Waals surface area (Å²) in [5, 5.41) is 13.8. The number of hydrogen-bond donors (Lipinski definition) is 0. The fraction of sp³-hybridized carbons (Fsp3) is 0.500. The van der Waals surface area contributed by atoms with Crippen molar-refractivity contribution in [1.29, 1.82) is 0 Å². The van der Waals surface area contributed by atoms with Gasteiger partial charge in [-0.2, -0.15) is 5.10 Å². The normalized spacial score (nSPS) is 20.9. The topological polar surface area (TPSA) is 52.8 Å². The highest BCUT2D eigenvalue weighted by Gasteiger charge is 2.21. The van der Waals surface area contributed by atoms with Gasteiger partial charge in [0.15, 0.2) is 17.0 Å². The molecule has 1 atom stereocenters. The van der Waals surface area contributed by atoms with Gasteiger partial charge in [-0.1, -0.05) is 11.6 Å². The Morgan fingerprint density at radius 2 is 2.29 bits per heavy atom. The molecule has 0 amide bonds. The molecule has 5 nitrogen and oxygen atoms in total. The summed E-state index contributed by atoms with van der Waals surface area (Å²) in [7, 11) is 0. The Morgan fingerprint density at radius 1 is 1.41 bits per heavy atom. The van der Waals surface area contributed by atoms with Crippen molar-refractivity contribution in [3.8, 4) is 0 Å². The van der Waals surface area contributed by atoms with Gasteiger partial charge in [0.05, 0.1) is 5.39 Å². The van der Waals surface area contributed by atoms with Gasteiger partial charge in [0.1, 0.15) is 3.70 Å². The Hall–Kier alpha value is -0.470. The molecule has 90 valence electrons. The van der Waals surface area contributed by atoms with E-state index in [1.165, 1.54) is 0 Å². The first-order valence-corrected chi connectivity index (χ1v) is 6.90. The van der Waals surface area contributed by atoms with Crippen molar-refractivity contribution in [1.82, 2.24) is 20.0 Å². The first kappa shape index (κ1) is 11.6. The van der Waals surface area contributed by atoms with E-state index in [0.717, 1.165) is 40.6 Å². The Kier molecular flexibility index (Phi) is 3.18. The monoisotopic (exact) mass is 364 g/mol. The van der Waals surface area contributed by atoms with E-state index in [4.69, 9.17) is 16.3 Å². The van der Waals surface area contributed by atoms with Gasteiger partial charge in [-0.3, -0.25) is 0 Å². The van der Waals surface area contributed by atoms with E-state index >= 15 is 0 Å². The summed E-state index contributed by atoms with van der Waals surface area (Å²) < 4.78 is 8.41. The summed E-state index contributed by atoms with van der Waals surface area (Å²) in [6.07, 6.45) is 3.22. The Balaban J connectivity index is 2.10. The molecule has 2 aromatic rings. The predicted octanol–water partition coefficient (Wildman–Crippen LogP) is 2.78. The highest BCUT2D eigenvalue weighted by atomic mass is 127. The number of rotatable bonds is 1. The van der Waals surface area contributed by atoms with E-state index < -0.39 is 0 Å². The SMILES string of the molecule is Clc1cc2c(I)nn(C3CCCCO3)c2nn1. The van der Waals surface area contributed by atoms with Crippen LogP contribution in [0.3, 0.4) is 0 Å². The van der Waals surface area contributed by atoms with Crippen LogP contribution in [0, 0.1) is 3.70 Å². The van der Waals surface area contributed by atoms with Gasteiger partial charge in [-0.15, -0.1) is 10.2 Å². The zero-order valence-electron chi connectivity index (χ0n) is 8.94. The maximum absolute atomic E-state index is 5.84. The molecule has 0 N–H and O–H groups in total. The van der Waals surface area contributed by atoms with E-state index in [1.807, 2.05) is 4.68 Å². The average Bonchev–Trinajstić information content (AvgIpc) is 2.68. The molecule has 0 aromatic carbocycles. The third-order valence-corrected chi connectivity index (χ3v) is 3.79. The van der Waals surface area contributed by atoms with Crippen molar-refractivity contribution in [3.05, 3.63) is 14.9 Å². The second-order valence-corrected chi connectivity index (χ2v) is 5.37. The van der Waals surface area contributed by atoms with Crippen LogP contribution in [0.4, 0.5) is 0 Å². The summed E-state index contributed by atoms with van der Waals surface area (Å²) >= 11 is 8.02. The fourth-order valence-electron chi connectivity index (χ4n) is 2.00. The van der Waals surface area contributed by atoms with Gasteiger partial charge in [-0.25, -0.2) is 4.68 Å². The molecule has 1 aliphatic heterocycles. The summed E-state index contributed by atoms with van der Waals surface area (Å²) in [5.41, 5.74) is 0.741. The largest absolute Gasteiger partial charge is 0.356 e. The third kappa shape index (κ3) is 2.13. The molecule has 0 aliphatic carbocycles. The third-order valence-electron chi connectivity index (χ3n) is 2.81. The lowest BCUT2D eigenvalue weighted by Crippen LogP contribution is -2.19. The lowest BCUT2D eigenvalue weighted by molar-refractivity contribution is -0.0372. The summed E-state index contributed by atoms with van der Waals surface area (Å²) in [6, 6.07) is 1.79. The van der Waals surface area contributed by atoms with Crippen LogP contribution in [0.5, 0.6) is 0 Å². The summed E-state index contributed by atoms with van der Waals surface area (Å²) in [5.74, 6) is 0. The van der Waals surface area contributed by atoms with Crippen LogP contribution in [0.15, 0.2) is 6.07 Å². The van der Waals surface area contributed by atoms with Gasteiger partial charge in [0.2, 0.25) is 0 Å². The number of fused-ring (bicyclic) bond motifs is 1. The molecule has 7 heteroatoms. The summed E-state index contributed by atoms with van der Waals surface area (Å²) in [4.78, 5) is 0. The molecule has 17 heavy (non-hydrogen) atoms. The molecule has 3 rings (SSSR count). The lowest BCUT2D eigenvalue weighted by Gasteiger charge is -2.22. The van der Waals surface area contributed by atoms with Gasteiger partial charge < -0.3 is 4.74 Å². The molecule has 0 bridgehead atoms. The van der Waals surface area contributed by atoms with Gasteiger partial charge >= 0.3 is 0 Å². The summed E-state index contributed by atoms with van der Waals surface area (Å²) in [6.45, 7) is 0.781. The van der Waals surface area contributed by atoms with Crippen molar-refractivity contribution < 1.29 is 4.74 Å². The smallest absolute Gasteiger partial charge is 0.184 e. The van der Waals surface area contributed by atoms with Crippen molar-refractivity contribution in [2.24, 2.45) is 0 Å². The van der Waals surface area contributed by atoms with E-state index in [2.05, 4.69) is 37.9 Å².